The lowest BCUT2D eigenvalue weighted by molar-refractivity contribution is -0.0167. The summed E-state index contributed by atoms with van der Waals surface area (Å²) in [5.41, 5.74) is 1.50. The third kappa shape index (κ3) is 5.88. The largest absolute Gasteiger partial charge is 0.381 e. The molecule has 0 bridgehead atoms. The van der Waals surface area contributed by atoms with Crippen LogP contribution in [0.3, 0.4) is 0 Å². The number of ether oxygens (including phenoxy) is 1. The van der Waals surface area contributed by atoms with E-state index in [1.54, 1.807) is 0 Å². The number of guanidine groups is 1. The number of hydrogen-bond acceptors (Lipinski definition) is 4. The first-order valence-electron chi connectivity index (χ1n) is 12.0. The molecule has 0 unspecified atom stereocenters. The Morgan fingerprint density at radius 3 is 2.42 bits per heavy atom. The molecule has 3 heterocycles. The average Bonchev–Trinajstić information content (AvgIpc) is 3.38. The summed E-state index contributed by atoms with van der Waals surface area (Å²) in [6.45, 7) is 10.4. The van der Waals surface area contributed by atoms with Gasteiger partial charge < -0.3 is 15.0 Å². The Morgan fingerprint density at radius 2 is 1.74 bits per heavy atom. The van der Waals surface area contributed by atoms with Crippen LogP contribution in [-0.2, 0) is 4.74 Å². The van der Waals surface area contributed by atoms with Crippen molar-refractivity contribution < 1.29 is 4.74 Å². The van der Waals surface area contributed by atoms with E-state index in [1.807, 2.05) is 7.05 Å². The van der Waals surface area contributed by atoms with E-state index >= 15 is 0 Å². The number of rotatable bonds is 6. The van der Waals surface area contributed by atoms with Crippen LogP contribution in [0.15, 0.2) is 41.4 Å². The zero-order chi connectivity index (χ0) is 21.4. The molecule has 0 atom stereocenters. The highest BCUT2D eigenvalue weighted by Crippen LogP contribution is 2.30. The Bertz CT molecular complexity index is 715. The highest BCUT2D eigenvalue weighted by molar-refractivity contribution is 5.80. The van der Waals surface area contributed by atoms with Crippen molar-refractivity contribution in [3.05, 3.63) is 42.0 Å². The van der Waals surface area contributed by atoms with Gasteiger partial charge in [0.05, 0.1) is 0 Å². The minimum Gasteiger partial charge on any atom is -0.381 e. The predicted molar refractivity (Wildman–Crippen MR) is 128 cm³/mol. The van der Waals surface area contributed by atoms with Gasteiger partial charge in [0.25, 0.3) is 0 Å². The maximum atomic E-state index is 5.70. The number of aliphatic imine (C=N–C) groups is 1. The van der Waals surface area contributed by atoms with Gasteiger partial charge in [0.2, 0.25) is 0 Å². The second-order valence-corrected chi connectivity index (χ2v) is 9.03. The van der Waals surface area contributed by atoms with E-state index < -0.39 is 0 Å². The lowest BCUT2D eigenvalue weighted by Gasteiger charge is -2.45. The first-order valence-corrected chi connectivity index (χ1v) is 12.0. The lowest BCUT2D eigenvalue weighted by Crippen LogP contribution is -2.60. The van der Waals surface area contributed by atoms with Crippen molar-refractivity contribution in [3.63, 3.8) is 0 Å². The zero-order valence-electron chi connectivity index (χ0n) is 19.1. The maximum Gasteiger partial charge on any atom is 0.193 e. The monoisotopic (exact) mass is 425 g/mol. The van der Waals surface area contributed by atoms with Gasteiger partial charge >= 0.3 is 0 Å². The molecule has 0 aromatic heterocycles. The molecule has 3 aliphatic rings. The van der Waals surface area contributed by atoms with E-state index in [2.05, 4.69) is 67.5 Å². The van der Waals surface area contributed by atoms with Crippen LogP contribution in [0.5, 0.6) is 0 Å². The molecule has 3 aliphatic heterocycles. The fourth-order valence-electron chi connectivity index (χ4n) is 5.17. The molecule has 3 fully saturated rings. The predicted octanol–water partition coefficient (Wildman–Crippen LogP) is 2.54. The van der Waals surface area contributed by atoms with E-state index in [0.717, 1.165) is 71.3 Å². The SMILES string of the molecule is CN=C(NCC1(N2CCCC2)CCOCC1)N1CCN(C/C=C/c2ccccc2)CC1. The molecular formula is C25H39N5O. The molecule has 1 aromatic rings. The summed E-state index contributed by atoms with van der Waals surface area (Å²) in [5, 5.41) is 3.75. The standard InChI is InChI=1S/C25H39N5O/c1-26-24(27-22-25(11-20-31-21-12-25)30-14-5-6-15-30)29-18-16-28(17-19-29)13-7-10-23-8-3-2-4-9-23/h2-4,7-10H,5-6,11-22H2,1H3,(H,26,27)/b10-7+. The maximum absolute atomic E-state index is 5.70. The van der Waals surface area contributed by atoms with Crippen molar-refractivity contribution in [2.24, 2.45) is 4.99 Å². The molecule has 4 rings (SSSR count). The highest BCUT2D eigenvalue weighted by atomic mass is 16.5. The summed E-state index contributed by atoms with van der Waals surface area (Å²) in [6, 6.07) is 10.5. The number of piperazine rings is 1. The van der Waals surface area contributed by atoms with E-state index in [4.69, 9.17) is 4.74 Å². The Labute approximate surface area is 187 Å². The van der Waals surface area contributed by atoms with Crippen molar-refractivity contribution in [1.82, 2.24) is 20.0 Å². The van der Waals surface area contributed by atoms with Crippen molar-refractivity contribution in [2.75, 3.05) is 72.6 Å². The second kappa shape index (κ2) is 11.1. The Kier molecular flexibility index (Phi) is 8.00. The molecule has 1 aromatic carbocycles. The molecule has 0 radical (unpaired) electrons. The lowest BCUT2D eigenvalue weighted by atomic mass is 9.88. The normalized spacial score (nSPS) is 23.5. The topological polar surface area (TPSA) is 43.3 Å². The average molecular weight is 426 g/mol. The molecule has 6 nitrogen and oxygen atoms in total. The Morgan fingerprint density at radius 1 is 1.03 bits per heavy atom. The second-order valence-electron chi connectivity index (χ2n) is 9.03. The molecule has 3 saturated heterocycles. The molecule has 0 saturated carbocycles. The van der Waals surface area contributed by atoms with Crippen molar-refractivity contribution in [1.29, 1.82) is 0 Å². The van der Waals surface area contributed by atoms with Gasteiger partial charge in [-0.1, -0.05) is 42.5 Å². The Balaban J connectivity index is 1.25. The summed E-state index contributed by atoms with van der Waals surface area (Å²) in [6.07, 6.45) is 9.41. The molecule has 31 heavy (non-hydrogen) atoms. The highest BCUT2D eigenvalue weighted by Gasteiger charge is 2.40. The minimum absolute atomic E-state index is 0.231. The molecule has 0 amide bonds. The third-order valence-electron chi connectivity index (χ3n) is 7.13. The summed E-state index contributed by atoms with van der Waals surface area (Å²) in [7, 11) is 1.92. The van der Waals surface area contributed by atoms with Gasteiger partial charge in [-0.25, -0.2) is 0 Å². The number of nitrogens with zero attached hydrogens (tertiary/aromatic N) is 4. The first kappa shape index (κ1) is 22.3. The van der Waals surface area contributed by atoms with Crippen molar-refractivity contribution >= 4 is 12.0 Å². The van der Waals surface area contributed by atoms with E-state index in [0.29, 0.717) is 0 Å². The zero-order valence-corrected chi connectivity index (χ0v) is 19.1. The molecule has 0 spiro atoms. The number of likely N-dealkylation sites (tertiary alicyclic amines) is 1. The molecular weight excluding hydrogens is 386 g/mol. The van der Waals surface area contributed by atoms with Crippen LogP contribution < -0.4 is 5.32 Å². The first-order chi connectivity index (χ1) is 15.3. The van der Waals surface area contributed by atoms with Crippen LogP contribution in [0, 0.1) is 0 Å². The van der Waals surface area contributed by atoms with Gasteiger partial charge in [-0.3, -0.25) is 14.8 Å². The van der Waals surface area contributed by atoms with Gasteiger partial charge in [-0.15, -0.1) is 0 Å². The van der Waals surface area contributed by atoms with Crippen molar-refractivity contribution in [3.8, 4) is 0 Å². The summed E-state index contributed by atoms with van der Waals surface area (Å²) in [4.78, 5) is 12.3. The van der Waals surface area contributed by atoms with Crippen LogP contribution in [0.2, 0.25) is 0 Å². The van der Waals surface area contributed by atoms with Crippen molar-refractivity contribution in [2.45, 2.75) is 31.2 Å². The third-order valence-corrected chi connectivity index (χ3v) is 7.13. The van der Waals surface area contributed by atoms with Gasteiger partial charge in [-0.2, -0.15) is 0 Å². The van der Waals surface area contributed by atoms with Crippen LogP contribution in [0.1, 0.15) is 31.2 Å². The van der Waals surface area contributed by atoms with Crippen LogP contribution in [0.25, 0.3) is 6.08 Å². The quantitative estimate of drug-likeness (QED) is 0.561. The fourth-order valence-corrected chi connectivity index (χ4v) is 5.17. The summed E-state index contributed by atoms with van der Waals surface area (Å²) >= 11 is 0. The molecule has 0 aliphatic carbocycles. The van der Waals surface area contributed by atoms with Crippen LogP contribution in [0.4, 0.5) is 0 Å². The van der Waals surface area contributed by atoms with E-state index in [-0.39, 0.29) is 5.54 Å². The van der Waals surface area contributed by atoms with E-state index in [1.165, 1.54) is 31.5 Å². The molecule has 1 N–H and O–H groups in total. The molecule has 6 heteroatoms. The fraction of sp³-hybridized carbons (Fsp3) is 0.640. The van der Waals surface area contributed by atoms with E-state index in [9.17, 15) is 0 Å². The van der Waals surface area contributed by atoms with Crippen LogP contribution >= 0.6 is 0 Å². The van der Waals surface area contributed by atoms with Gasteiger partial charge in [-0.05, 0) is 44.3 Å². The van der Waals surface area contributed by atoms with Gasteiger partial charge in [0.15, 0.2) is 5.96 Å². The summed E-state index contributed by atoms with van der Waals surface area (Å²) < 4.78 is 5.70. The smallest absolute Gasteiger partial charge is 0.193 e. The number of hydrogen-bond donors (Lipinski definition) is 1. The summed E-state index contributed by atoms with van der Waals surface area (Å²) in [5.74, 6) is 1.06. The number of nitrogens with one attached hydrogen (secondary N) is 1. The van der Waals surface area contributed by atoms with Crippen LogP contribution in [-0.4, -0.2) is 98.8 Å². The minimum atomic E-state index is 0.231. The van der Waals surface area contributed by atoms with Gasteiger partial charge in [0, 0.05) is 65.1 Å². The Hall–Kier alpha value is -1.89. The number of benzene rings is 1. The molecule has 170 valence electrons. The van der Waals surface area contributed by atoms with Gasteiger partial charge in [0.1, 0.15) is 0 Å².